The number of carbonyl (C=O) groups is 1. The Bertz CT molecular complexity index is 1350. The Morgan fingerprint density at radius 2 is 1.55 bits per heavy atom. The SMILES string of the molecule is C=C(C)C.CC1(C)C(c2ccc(C(=O)O)cc2)=CCC2(C)C1CCC1(C)C2CCC2[C@H]3CCCC3(CCN3CCSCC3)CC[C@]21C. The van der Waals surface area contributed by atoms with Gasteiger partial charge in [0.2, 0.25) is 0 Å². The third kappa shape index (κ3) is 5.92. The smallest absolute Gasteiger partial charge is 0.335 e. The van der Waals surface area contributed by atoms with Gasteiger partial charge in [-0.3, -0.25) is 0 Å². The first-order valence-electron chi connectivity index (χ1n) is 19.1. The van der Waals surface area contributed by atoms with Crippen molar-refractivity contribution in [1.82, 2.24) is 4.90 Å². The summed E-state index contributed by atoms with van der Waals surface area (Å²) in [5.41, 5.74) is 6.12. The molecule has 1 aliphatic heterocycles. The van der Waals surface area contributed by atoms with Gasteiger partial charge < -0.3 is 10.0 Å². The second-order valence-corrected chi connectivity index (χ2v) is 19.6. The standard InChI is InChI=1S/C39H57NO2S.C4H8/c1-35(2)29(27-8-10-28(11-9-27)34(41)42)14-17-36(3)32(35)15-18-38(5)33(36)13-12-30-31-7-6-16-39(31,20-19-37(30,38)4)21-22-40-23-25-43-26-24-40;1-4(2)3/h8-11,14,30-33H,6-7,12-13,15-26H2,1-5H3,(H,41,42);1H2,2-3H3/t30?,31-,32?,33?,36?,37-,38?,39?;/m1./s1. The molecule has 47 heavy (non-hydrogen) atoms. The van der Waals surface area contributed by atoms with Crippen molar-refractivity contribution in [2.75, 3.05) is 31.1 Å². The highest BCUT2D eigenvalue weighted by atomic mass is 32.2. The second-order valence-electron chi connectivity index (χ2n) is 18.4. The van der Waals surface area contributed by atoms with Gasteiger partial charge in [-0.2, -0.15) is 11.8 Å². The van der Waals surface area contributed by atoms with Crippen molar-refractivity contribution in [1.29, 1.82) is 0 Å². The topological polar surface area (TPSA) is 40.5 Å². The van der Waals surface area contributed by atoms with Crippen LogP contribution in [0, 0.1) is 50.7 Å². The van der Waals surface area contributed by atoms with Crippen LogP contribution in [-0.4, -0.2) is 47.1 Å². The predicted octanol–water partition coefficient (Wildman–Crippen LogP) is 11.3. The quantitative estimate of drug-likeness (QED) is 0.319. The van der Waals surface area contributed by atoms with Gasteiger partial charge in [-0.1, -0.05) is 64.8 Å². The highest BCUT2D eigenvalue weighted by Crippen LogP contribution is 2.77. The Morgan fingerprint density at radius 3 is 2.21 bits per heavy atom. The van der Waals surface area contributed by atoms with Crippen LogP contribution < -0.4 is 0 Å². The summed E-state index contributed by atoms with van der Waals surface area (Å²) < 4.78 is 0. The van der Waals surface area contributed by atoms with E-state index in [9.17, 15) is 9.90 Å². The molecule has 3 nitrogen and oxygen atoms in total. The lowest BCUT2D eigenvalue weighted by molar-refractivity contribution is -0.223. The molecule has 0 amide bonds. The zero-order valence-electron chi connectivity index (χ0n) is 30.9. The molecule has 7 rings (SSSR count). The largest absolute Gasteiger partial charge is 0.478 e. The van der Waals surface area contributed by atoms with E-state index in [-0.39, 0.29) is 5.41 Å². The maximum atomic E-state index is 11.5. The molecule has 0 bridgehead atoms. The number of carboxylic acids is 1. The number of benzene rings is 1. The van der Waals surface area contributed by atoms with E-state index in [1.54, 1.807) is 12.1 Å². The Kier molecular flexibility index (Phi) is 9.75. The molecule has 1 saturated heterocycles. The number of thioether (sulfide) groups is 1. The van der Waals surface area contributed by atoms with Crippen molar-refractivity contribution in [2.24, 2.45) is 50.7 Å². The van der Waals surface area contributed by atoms with E-state index in [0.717, 1.165) is 17.8 Å². The molecule has 260 valence electrons. The van der Waals surface area contributed by atoms with Crippen molar-refractivity contribution in [2.45, 2.75) is 119 Å². The van der Waals surface area contributed by atoms with Crippen molar-refractivity contribution >= 4 is 23.3 Å². The van der Waals surface area contributed by atoms with Gasteiger partial charge in [0.1, 0.15) is 0 Å². The normalized spacial score (nSPS) is 40.8. The lowest BCUT2D eigenvalue weighted by atomic mass is 9.32. The van der Waals surface area contributed by atoms with E-state index < -0.39 is 5.97 Å². The average molecular weight is 660 g/mol. The van der Waals surface area contributed by atoms with Crippen LogP contribution in [0.15, 0.2) is 42.5 Å². The van der Waals surface area contributed by atoms with E-state index >= 15 is 0 Å². The zero-order chi connectivity index (χ0) is 33.8. The van der Waals surface area contributed by atoms with Crippen LogP contribution in [0.2, 0.25) is 0 Å². The van der Waals surface area contributed by atoms with Gasteiger partial charge in [-0.15, -0.1) is 6.58 Å². The van der Waals surface area contributed by atoms with Crippen LogP contribution in [0.1, 0.15) is 135 Å². The van der Waals surface area contributed by atoms with Crippen LogP contribution >= 0.6 is 11.8 Å². The van der Waals surface area contributed by atoms with Gasteiger partial charge >= 0.3 is 5.97 Å². The van der Waals surface area contributed by atoms with Gasteiger partial charge in [-0.05, 0) is 159 Å². The molecule has 1 aromatic carbocycles. The molecule has 4 heteroatoms. The zero-order valence-corrected chi connectivity index (χ0v) is 31.7. The molecule has 0 radical (unpaired) electrons. The molecule has 0 spiro atoms. The van der Waals surface area contributed by atoms with Crippen molar-refractivity contribution in [3.8, 4) is 0 Å². The Labute approximate surface area is 291 Å². The Balaban J connectivity index is 0.000000915. The van der Waals surface area contributed by atoms with Crippen molar-refractivity contribution < 1.29 is 9.90 Å². The third-order valence-electron chi connectivity index (χ3n) is 15.6. The Morgan fingerprint density at radius 1 is 0.872 bits per heavy atom. The van der Waals surface area contributed by atoms with Gasteiger partial charge in [0, 0.05) is 24.6 Å². The molecule has 5 fully saturated rings. The number of allylic oxidation sites excluding steroid dienone is 3. The molecule has 0 aromatic heterocycles. The maximum Gasteiger partial charge on any atom is 0.335 e. The number of rotatable bonds is 5. The molecular weight excluding hydrogens is 595 g/mol. The van der Waals surface area contributed by atoms with E-state index in [1.165, 1.54) is 118 Å². The second kappa shape index (κ2) is 13.0. The molecule has 4 saturated carbocycles. The van der Waals surface area contributed by atoms with Gasteiger partial charge in [0.25, 0.3) is 0 Å². The van der Waals surface area contributed by atoms with Gasteiger partial charge in [-0.25, -0.2) is 4.79 Å². The van der Waals surface area contributed by atoms with E-state index in [1.807, 2.05) is 13.8 Å². The molecule has 1 N–H and O–H groups in total. The van der Waals surface area contributed by atoms with Crippen LogP contribution in [-0.2, 0) is 0 Å². The molecule has 8 atom stereocenters. The summed E-state index contributed by atoms with van der Waals surface area (Å²) in [6, 6.07) is 7.69. The average Bonchev–Trinajstić information content (AvgIpc) is 3.45. The Hall–Kier alpha value is -1.52. The molecular formula is C43H65NO2S. The number of fused-ring (bicyclic) bond motifs is 7. The summed E-state index contributed by atoms with van der Waals surface area (Å²) in [6.45, 7) is 24.7. The number of aromatic carboxylic acids is 1. The lowest BCUT2D eigenvalue weighted by Gasteiger charge is -2.72. The highest BCUT2D eigenvalue weighted by molar-refractivity contribution is 7.99. The van der Waals surface area contributed by atoms with Crippen molar-refractivity contribution in [3.05, 3.63) is 53.6 Å². The van der Waals surface area contributed by atoms with Crippen molar-refractivity contribution in [3.63, 3.8) is 0 Å². The van der Waals surface area contributed by atoms with Gasteiger partial charge in [0.05, 0.1) is 5.56 Å². The minimum atomic E-state index is -0.842. The molecule has 5 aliphatic carbocycles. The third-order valence-corrected chi connectivity index (χ3v) is 16.5. The summed E-state index contributed by atoms with van der Waals surface area (Å²) in [4.78, 5) is 14.3. The first-order valence-corrected chi connectivity index (χ1v) is 20.3. The fourth-order valence-corrected chi connectivity index (χ4v) is 14.2. The number of nitrogens with zero attached hydrogens (tertiary/aromatic N) is 1. The van der Waals surface area contributed by atoms with E-state index in [4.69, 9.17) is 0 Å². The summed E-state index contributed by atoms with van der Waals surface area (Å²) >= 11 is 2.15. The minimum Gasteiger partial charge on any atom is -0.478 e. The monoisotopic (exact) mass is 659 g/mol. The molecule has 1 aromatic rings. The number of hydrogen-bond acceptors (Lipinski definition) is 3. The predicted molar refractivity (Wildman–Crippen MR) is 201 cm³/mol. The molecule has 6 aliphatic rings. The highest BCUT2D eigenvalue weighted by Gasteiger charge is 2.69. The number of hydrogen-bond donors (Lipinski definition) is 1. The molecule has 6 unspecified atom stereocenters. The minimum absolute atomic E-state index is 0.0803. The summed E-state index contributed by atoms with van der Waals surface area (Å²) in [5, 5.41) is 9.44. The van der Waals surface area contributed by atoms with E-state index in [0.29, 0.717) is 33.1 Å². The fraction of sp³-hybridized carbons (Fsp3) is 0.744. The molecule has 1 heterocycles. The number of carboxylic acid groups (broad SMARTS) is 1. The summed E-state index contributed by atoms with van der Waals surface area (Å²) in [5.74, 6) is 5.14. The van der Waals surface area contributed by atoms with E-state index in [2.05, 4.69) is 76.1 Å². The first-order chi connectivity index (χ1) is 22.2. The lowest BCUT2D eigenvalue weighted by Crippen LogP contribution is -2.65. The van der Waals surface area contributed by atoms with Gasteiger partial charge in [0.15, 0.2) is 0 Å². The van der Waals surface area contributed by atoms with Crippen LogP contribution in [0.5, 0.6) is 0 Å². The maximum absolute atomic E-state index is 11.5. The fourth-order valence-electron chi connectivity index (χ4n) is 13.2. The van der Waals surface area contributed by atoms with Crippen LogP contribution in [0.4, 0.5) is 0 Å². The summed E-state index contributed by atoms with van der Waals surface area (Å²) in [6.07, 6.45) is 18.2. The van der Waals surface area contributed by atoms with Crippen LogP contribution in [0.25, 0.3) is 5.57 Å². The van der Waals surface area contributed by atoms with Crippen LogP contribution in [0.3, 0.4) is 0 Å². The first kappa shape index (κ1) is 35.3. The summed E-state index contributed by atoms with van der Waals surface area (Å²) in [7, 11) is 0.